The van der Waals surface area contributed by atoms with Gasteiger partial charge in [-0.2, -0.15) is 0 Å². The summed E-state index contributed by atoms with van der Waals surface area (Å²) in [6, 6.07) is 15.1. The lowest BCUT2D eigenvalue weighted by Gasteiger charge is -2.34. The minimum atomic E-state index is -0.724. The molecule has 0 aromatic heterocycles. The molecule has 2 aromatic carbocycles. The summed E-state index contributed by atoms with van der Waals surface area (Å²) < 4.78 is 16.7. The lowest BCUT2D eigenvalue weighted by Crippen LogP contribution is -2.53. The normalized spacial score (nSPS) is 15.2. The number of methoxy groups -OCH3 is 2. The number of benzene rings is 2. The van der Waals surface area contributed by atoms with Crippen LogP contribution in [0.5, 0.6) is 17.2 Å². The summed E-state index contributed by atoms with van der Waals surface area (Å²) >= 11 is 0. The second-order valence-corrected chi connectivity index (χ2v) is 6.53. The number of halogens is 1. The van der Waals surface area contributed by atoms with Gasteiger partial charge < -0.3 is 24.8 Å². The number of nitrogens with one attached hydrogen (secondary N) is 2. The smallest absolute Gasteiger partial charge is 0.252 e. The molecule has 7 heteroatoms. The first-order chi connectivity index (χ1) is 13.2. The van der Waals surface area contributed by atoms with E-state index in [4.69, 9.17) is 14.2 Å². The second kappa shape index (κ2) is 10.3. The molecule has 3 rings (SSSR count). The average Bonchev–Trinajstić information content (AvgIpc) is 2.74. The van der Waals surface area contributed by atoms with Crippen LogP contribution in [0.25, 0.3) is 0 Å². The van der Waals surface area contributed by atoms with Gasteiger partial charge in [-0.15, -0.1) is 12.4 Å². The van der Waals surface area contributed by atoms with Gasteiger partial charge in [-0.05, 0) is 55.8 Å². The summed E-state index contributed by atoms with van der Waals surface area (Å²) in [7, 11) is 3.22. The molecule has 0 saturated carbocycles. The van der Waals surface area contributed by atoms with Crippen LogP contribution in [-0.4, -0.2) is 38.8 Å². The van der Waals surface area contributed by atoms with Gasteiger partial charge in [0.25, 0.3) is 5.91 Å². The molecule has 1 aliphatic rings. The first kappa shape index (κ1) is 22.0. The highest BCUT2D eigenvalue weighted by molar-refractivity contribution is 5.85. The van der Waals surface area contributed by atoms with E-state index >= 15 is 0 Å². The lowest BCUT2D eigenvalue weighted by atomic mass is 9.91. The number of hydrogen-bond acceptors (Lipinski definition) is 5. The Morgan fingerprint density at radius 1 is 1.04 bits per heavy atom. The predicted octanol–water partition coefficient (Wildman–Crippen LogP) is 3.29. The van der Waals surface area contributed by atoms with Crippen molar-refractivity contribution in [2.45, 2.75) is 25.0 Å². The second-order valence-electron chi connectivity index (χ2n) is 6.53. The molecule has 0 aliphatic carbocycles. The summed E-state index contributed by atoms with van der Waals surface area (Å²) in [6.45, 7) is 2.03. The maximum atomic E-state index is 12.6. The summed E-state index contributed by atoms with van der Waals surface area (Å²) in [4.78, 5) is 12.6. The fourth-order valence-electron chi connectivity index (χ4n) is 3.20. The Hall–Kier alpha value is -2.28. The van der Waals surface area contributed by atoms with Crippen molar-refractivity contribution in [1.29, 1.82) is 0 Å². The molecule has 152 valence electrons. The fourth-order valence-corrected chi connectivity index (χ4v) is 3.20. The average molecular weight is 407 g/mol. The highest BCUT2D eigenvalue weighted by Crippen LogP contribution is 2.31. The molecular formula is C21H27ClN2O4. The number of carbonyl (C=O) groups excluding carboxylic acids is 1. The minimum absolute atomic E-state index is 0. The quantitative estimate of drug-likeness (QED) is 0.738. The van der Waals surface area contributed by atoms with E-state index in [1.54, 1.807) is 14.2 Å². The van der Waals surface area contributed by atoms with Crippen molar-refractivity contribution < 1.29 is 19.0 Å². The minimum Gasteiger partial charge on any atom is -0.493 e. The summed E-state index contributed by atoms with van der Waals surface area (Å²) in [6.07, 6.45) is 1.36. The number of rotatable bonds is 7. The molecule has 2 aromatic rings. The number of carbonyl (C=O) groups is 1. The monoisotopic (exact) mass is 406 g/mol. The van der Waals surface area contributed by atoms with Crippen LogP contribution in [0.1, 0.15) is 18.4 Å². The number of piperidine rings is 1. The Kier molecular flexibility index (Phi) is 8.11. The van der Waals surface area contributed by atoms with Crippen LogP contribution in [0.3, 0.4) is 0 Å². The van der Waals surface area contributed by atoms with E-state index in [-0.39, 0.29) is 18.3 Å². The van der Waals surface area contributed by atoms with Gasteiger partial charge in [0.1, 0.15) is 11.4 Å². The van der Waals surface area contributed by atoms with Crippen LogP contribution in [0.4, 0.5) is 0 Å². The van der Waals surface area contributed by atoms with E-state index in [2.05, 4.69) is 10.6 Å². The Morgan fingerprint density at radius 3 is 2.29 bits per heavy atom. The van der Waals surface area contributed by atoms with Crippen LogP contribution >= 0.6 is 12.4 Å². The standard InChI is InChI=1S/C21H26N2O4.ClH/c1-25-18-5-3-4-6-19(18)27-17-9-7-16(8-10-17)15-23-20(24)21(26-2)11-13-22-14-12-21;/h3-10,22H,11-15H2,1-2H3,(H,23,24);1H. The van der Waals surface area contributed by atoms with Crippen molar-refractivity contribution in [3.05, 3.63) is 54.1 Å². The molecule has 1 heterocycles. The van der Waals surface area contributed by atoms with E-state index in [1.165, 1.54) is 0 Å². The molecule has 0 atom stereocenters. The molecule has 0 unspecified atom stereocenters. The summed E-state index contributed by atoms with van der Waals surface area (Å²) in [5.41, 5.74) is 0.272. The molecular weight excluding hydrogens is 380 g/mol. The lowest BCUT2D eigenvalue weighted by molar-refractivity contribution is -0.146. The van der Waals surface area contributed by atoms with E-state index in [9.17, 15) is 4.79 Å². The molecule has 0 bridgehead atoms. The number of hydrogen-bond donors (Lipinski definition) is 2. The molecule has 0 spiro atoms. The van der Waals surface area contributed by atoms with E-state index < -0.39 is 5.60 Å². The zero-order valence-corrected chi connectivity index (χ0v) is 17.0. The molecule has 1 aliphatic heterocycles. The van der Waals surface area contributed by atoms with Gasteiger partial charge >= 0.3 is 0 Å². The van der Waals surface area contributed by atoms with Crippen molar-refractivity contribution >= 4 is 18.3 Å². The fraction of sp³-hybridized carbons (Fsp3) is 0.381. The van der Waals surface area contributed by atoms with Gasteiger partial charge in [-0.1, -0.05) is 24.3 Å². The number of para-hydroxylation sites is 2. The van der Waals surface area contributed by atoms with Gasteiger partial charge in [0.15, 0.2) is 11.5 Å². The summed E-state index contributed by atoms with van der Waals surface area (Å²) in [5.74, 6) is 2.00. The Labute approximate surface area is 172 Å². The SMILES string of the molecule is COc1ccccc1Oc1ccc(CNC(=O)C2(OC)CCNCC2)cc1.Cl. The number of amides is 1. The molecule has 6 nitrogen and oxygen atoms in total. The van der Waals surface area contributed by atoms with Gasteiger partial charge in [-0.25, -0.2) is 0 Å². The van der Waals surface area contributed by atoms with Gasteiger partial charge in [-0.3, -0.25) is 4.79 Å². The Bertz CT molecular complexity index is 761. The summed E-state index contributed by atoms with van der Waals surface area (Å²) in [5, 5.41) is 6.25. The zero-order valence-electron chi connectivity index (χ0n) is 16.2. The Morgan fingerprint density at radius 2 is 1.68 bits per heavy atom. The van der Waals surface area contributed by atoms with Crippen LogP contribution in [0, 0.1) is 0 Å². The van der Waals surface area contributed by atoms with Crippen molar-refractivity contribution in [3.63, 3.8) is 0 Å². The Balaban J connectivity index is 0.00000280. The molecule has 1 saturated heterocycles. The van der Waals surface area contributed by atoms with Crippen molar-refractivity contribution in [3.8, 4) is 17.2 Å². The maximum absolute atomic E-state index is 12.6. The van der Waals surface area contributed by atoms with Gasteiger partial charge in [0, 0.05) is 13.7 Å². The van der Waals surface area contributed by atoms with E-state index in [0.717, 1.165) is 18.7 Å². The number of ether oxygens (including phenoxy) is 3. The van der Waals surface area contributed by atoms with Crippen LogP contribution in [0.15, 0.2) is 48.5 Å². The highest BCUT2D eigenvalue weighted by Gasteiger charge is 2.39. The van der Waals surface area contributed by atoms with E-state index in [1.807, 2.05) is 48.5 Å². The third-order valence-electron chi connectivity index (χ3n) is 4.89. The molecule has 28 heavy (non-hydrogen) atoms. The third-order valence-corrected chi connectivity index (χ3v) is 4.89. The molecule has 0 radical (unpaired) electrons. The van der Waals surface area contributed by atoms with Crippen molar-refractivity contribution in [1.82, 2.24) is 10.6 Å². The van der Waals surface area contributed by atoms with Crippen molar-refractivity contribution in [2.75, 3.05) is 27.3 Å². The molecule has 1 fully saturated rings. The zero-order chi connectivity index (χ0) is 19.1. The topological polar surface area (TPSA) is 68.8 Å². The maximum Gasteiger partial charge on any atom is 0.252 e. The van der Waals surface area contributed by atoms with Crippen LogP contribution in [0.2, 0.25) is 0 Å². The van der Waals surface area contributed by atoms with Crippen LogP contribution in [-0.2, 0) is 16.1 Å². The molecule has 1 amide bonds. The predicted molar refractivity (Wildman–Crippen MR) is 110 cm³/mol. The van der Waals surface area contributed by atoms with Gasteiger partial charge in [0.05, 0.1) is 7.11 Å². The first-order valence-electron chi connectivity index (χ1n) is 9.11. The highest BCUT2D eigenvalue weighted by atomic mass is 35.5. The molecule has 2 N–H and O–H groups in total. The van der Waals surface area contributed by atoms with Crippen molar-refractivity contribution in [2.24, 2.45) is 0 Å². The largest absolute Gasteiger partial charge is 0.493 e. The van der Waals surface area contributed by atoms with Crippen LogP contribution < -0.4 is 20.1 Å². The van der Waals surface area contributed by atoms with Gasteiger partial charge in [0.2, 0.25) is 0 Å². The van der Waals surface area contributed by atoms with E-state index in [0.29, 0.717) is 36.6 Å². The third kappa shape index (κ3) is 5.16. The first-order valence-corrected chi connectivity index (χ1v) is 9.11.